The van der Waals surface area contributed by atoms with Gasteiger partial charge in [-0.2, -0.15) is 0 Å². The number of fused-ring (bicyclic) bond motifs is 1. The average molecular weight is 313 g/mol. The van der Waals surface area contributed by atoms with Gasteiger partial charge in [-0.3, -0.25) is 4.79 Å². The predicted octanol–water partition coefficient (Wildman–Crippen LogP) is 2.15. The number of hydrogen-bond donors (Lipinski definition) is 2. The van der Waals surface area contributed by atoms with Crippen LogP contribution in [0.5, 0.6) is 0 Å². The maximum atomic E-state index is 12.6. The topological polar surface area (TPSA) is 60.8 Å². The Morgan fingerprint density at radius 1 is 1.04 bits per heavy atom. The minimum atomic E-state index is -0.0372. The molecule has 1 saturated carbocycles. The summed E-state index contributed by atoms with van der Waals surface area (Å²) in [5.41, 5.74) is 1.22. The molecule has 1 fully saturated rings. The van der Waals surface area contributed by atoms with Crippen LogP contribution in [0.1, 0.15) is 24.3 Å². The van der Waals surface area contributed by atoms with Gasteiger partial charge in [-0.15, -0.1) is 0 Å². The molecule has 0 aromatic heterocycles. The van der Waals surface area contributed by atoms with Gasteiger partial charge in [0.1, 0.15) is 0 Å². The second-order valence-corrected chi connectivity index (χ2v) is 6.18. The van der Waals surface area contributed by atoms with Crippen molar-refractivity contribution in [3.8, 4) is 0 Å². The van der Waals surface area contributed by atoms with E-state index >= 15 is 0 Å². The minimum Gasteiger partial charge on any atom is -0.396 e. The highest BCUT2D eigenvalue weighted by Crippen LogP contribution is 2.49. The van der Waals surface area contributed by atoms with Gasteiger partial charge >= 0.3 is 0 Å². The third-order valence-electron chi connectivity index (χ3n) is 4.58. The van der Waals surface area contributed by atoms with E-state index in [9.17, 15) is 4.79 Å². The van der Waals surface area contributed by atoms with E-state index < -0.39 is 0 Å². The van der Waals surface area contributed by atoms with Gasteiger partial charge in [0, 0.05) is 25.6 Å². The molecule has 0 aliphatic heterocycles. The highest BCUT2D eigenvalue weighted by molar-refractivity contribution is 5.85. The zero-order chi connectivity index (χ0) is 16.2. The first-order chi connectivity index (χ1) is 11.2. The number of hydrogen-bond acceptors (Lipinski definition) is 3. The van der Waals surface area contributed by atoms with Crippen LogP contribution in [-0.4, -0.2) is 47.3 Å². The fourth-order valence-corrected chi connectivity index (χ4v) is 3.22. The number of carbonyl (C=O) groups excluding carboxylic acids is 1. The molecule has 0 bridgehead atoms. The molecule has 0 spiro atoms. The Kier molecular flexibility index (Phi) is 4.94. The van der Waals surface area contributed by atoms with Crippen LogP contribution in [0.4, 0.5) is 0 Å². The standard InChI is InChI=1S/C19H23NO3/c21-10-3-8-20(9-11-22)19(23)18-13-17(18)16-7-6-14-4-1-2-5-15(14)12-16/h1-2,4-7,12,17-18,21-22H,3,8-11,13H2. The number of benzene rings is 2. The van der Waals surface area contributed by atoms with E-state index in [0.29, 0.717) is 19.5 Å². The van der Waals surface area contributed by atoms with Gasteiger partial charge in [-0.05, 0) is 35.1 Å². The maximum absolute atomic E-state index is 12.6. The molecule has 2 unspecified atom stereocenters. The van der Waals surface area contributed by atoms with Crippen molar-refractivity contribution in [2.24, 2.45) is 5.92 Å². The first-order valence-electron chi connectivity index (χ1n) is 8.24. The van der Waals surface area contributed by atoms with Crippen molar-refractivity contribution < 1.29 is 15.0 Å². The molecular formula is C19H23NO3. The van der Waals surface area contributed by atoms with Crippen molar-refractivity contribution in [1.29, 1.82) is 0 Å². The maximum Gasteiger partial charge on any atom is 0.226 e. The Bertz CT molecular complexity index is 685. The van der Waals surface area contributed by atoms with Crippen molar-refractivity contribution in [2.75, 3.05) is 26.3 Å². The third-order valence-corrected chi connectivity index (χ3v) is 4.58. The SMILES string of the molecule is O=C(C1CC1c1ccc2ccccc2c1)N(CCO)CCCO. The van der Waals surface area contributed by atoms with E-state index in [1.807, 2.05) is 12.1 Å². The third kappa shape index (κ3) is 3.54. The summed E-state index contributed by atoms with van der Waals surface area (Å²) in [5.74, 6) is 0.398. The van der Waals surface area contributed by atoms with Gasteiger partial charge in [0.05, 0.1) is 6.61 Å². The van der Waals surface area contributed by atoms with Crippen LogP contribution in [0.25, 0.3) is 10.8 Å². The Hall–Kier alpha value is -1.91. The van der Waals surface area contributed by atoms with Gasteiger partial charge in [0.15, 0.2) is 0 Å². The summed E-state index contributed by atoms with van der Waals surface area (Å²) < 4.78 is 0. The largest absolute Gasteiger partial charge is 0.396 e. The Morgan fingerprint density at radius 2 is 1.83 bits per heavy atom. The molecule has 3 rings (SSSR count). The normalized spacial score (nSPS) is 19.7. The van der Waals surface area contributed by atoms with Crippen LogP contribution < -0.4 is 0 Å². The summed E-state index contributed by atoms with van der Waals surface area (Å²) >= 11 is 0. The van der Waals surface area contributed by atoms with E-state index in [0.717, 1.165) is 6.42 Å². The van der Waals surface area contributed by atoms with Crippen LogP contribution >= 0.6 is 0 Å². The monoisotopic (exact) mass is 313 g/mol. The van der Waals surface area contributed by atoms with E-state index in [-0.39, 0.29) is 31.0 Å². The van der Waals surface area contributed by atoms with Crippen LogP contribution in [0.15, 0.2) is 42.5 Å². The van der Waals surface area contributed by atoms with Crippen LogP contribution in [0.3, 0.4) is 0 Å². The van der Waals surface area contributed by atoms with Gasteiger partial charge in [0.2, 0.25) is 5.91 Å². The average Bonchev–Trinajstić information content (AvgIpc) is 3.38. The van der Waals surface area contributed by atoms with Gasteiger partial charge in [0.25, 0.3) is 0 Å². The molecule has 23 heavy (non-hydrogen) atoms. The molecule has 2 aromatic carbocycles. The summed E-state index contributed by atoms with van der Waals surface area (Å²) in [6.07, 6.45) is 1.43. The summed E-state index contributed by atoms with van der Waals surface area (Å²) in [4.78, 5) is 14.3. The van der Waals surface area contributed by atoms with E-state index in [4.69, 9.17) is 10.2 Å². The molecule has 1 amide bonds. The lowest BCUT2D eigenvalue weighted by molar-refractivity contribution is -0.133. The molecule has 1 aliphatic carbocycles. The summed E-state index contributed by atoms with van der Waals surface area (Å²) in [7, 11) is 0. The number of amides is 1. The summed E-state index contributed by atoms with van der Waals surface area (Å²) in [6, 6.07) is 14.6. The second-order valence-electron chi connectivity index (χ2n) is 6.18. The van der Waals surface area contributed by atoms with Gasteiger partial charge in [-0.25, -0.2) is 0 Å². The first kappa shape index (κ1) is 16.0. The quantitative estimate of drug-likeness (QED) is 0.823. The Labute approximate surface area is 136 Å². The molecule has 2 atom stereocenters. The van der Waals surface area contributed by atoms with Crippen molar-refractivity contribution >= 4 is 16.7 Å². The molecule has 4 nitrogen and oxygen atoms in total. The molecule has 2 aromatic rings. The second kappa shape index (κ2) is 7.11. The molecule has 0 radical (unpaired) electrons. The highest BCUT2D eigenvalue weighted by atomic mass is 16.3. The number of aliphatic hydroxyl groups is 2. The van der Waals surface area contributed by atoms with Crippen LogP contribution in [-0.2, 0) is 4.79 Å². The van der Waals surface area contributed by atoms with Gasteiger partial charge in [-0.1, -0.05) is 42.5 Å². The highest BCUT2D eigenvalue weighted by Gasteiger charge is 2.45. The molecule has 2 N–H and O–H groups in total. The van der Waals surface area contributed by atoms with E-state index in [1.165, 1.54) is 16.3 Å². The fraction of sp³-hybridized carbons (Fsp3) is 0.421. The molecule has 0 heterocycles. The van der Waals surface area contributed by atoms with Crippen LogP contribution in [0, 0.1) is 5.92 Å². The molecule has 122 valence electrons. The zero-order valence-electron chi connectivity index (χ0n) is 13.2. The van der Waals surface area contributed by atoms with E-state index in [2.05, 4.69) is 30.3 Å². The number of rotatable bonds is 7. The fourth-order valence-electron chi connectivity index (χ4n) is 3.22. The predicted molar refractivity (Wildman–Crippen MR) is 90.2 cm³/mol. The zero-order valence-corrected chi connectivity index (χ0v) is 13.2. The number of carbonyl (C=O) groups is 1. The van der Waals surface area contributed by atoms with Crippen LogP contribution in [0.2, 0.25) is 0 Å². The minimum absolute atomic E-state index is 0.0152. The Morgan fingerprint density at radius 3 is 2.57 bits per heavy atom. The molecular weight excluding hydrogens is 290 g/mol. The van der Waals surface area contributed by atoms with Crippen molar-refractivity contribution in [3.05, 3.63) is 48.0 Å². The lowest BCUT2D eigenvalue weighted by Crippen LogP contribution is -2.36. The first-order valence-corrected chi connectivity index (χ1v) is 8.24. The van der Waals surface area contributed by atoms with E-state index in [1.54, 1.807) is 4.90 Å². The molecule has 4 heteroatoms. The number of aliphatic hydroxyl groups excluding tert-OH is 2. The van der Waals surface area contributed by atoms with Crippen molar-refractivity contribution in [3.63, 3.8) is 0 Å². The Balaban J connectivity index is 1.70. The summed E-state index contributed by atoms with van der Waals surface area (Å²) in [6.45, 7) is 0.884. The molecule has 1 aliphatic rings. The smallest absolute Gasteiger partial charge is 0.226 e. The van der Waals surface area contributed by atoms with Crippen molar-refractivity contribution in [2.45, 2.75) is 18.8 Å². The van der Waals surface area contributed by atoms with Crippen molar-refractivity contribution in [1.82, 2.24) is 4.90 Å². The lowest BCUT2D eigenvalue weighted by atomic mass is 10.0. The number of nitrogens with zero attached hydrogens (tertiary/aromatic N) is 1. The lowest BCUT2D eigenvalue weighted by Gasteiger charge is -2.21. The van der Waals surface area contributed by atoms with Gasteiger partial charge < -0.3 is 15.1 Å². The summed E-state index contributed by atoms with van der Waals surface area (Å²) in [5, 5.41) is 20.5. The molecule has 0 saturated heterocycles.